The molecule has 4 rings (SSSR count). The molecule has 2 aromatic carbocycles. The maximum atomic E-state index is 12.2. The van der Waals surface area contributed by atoms with Crippen LogP contribution in [0.4, 0.5) is 0 Å². The zero-order valence-electron chi connectivity index (χ0n) is 16.3. The van der Waals surface area contributed by atoms with Crippen LogP contribution in [0.5, 0.6) is 11.8 Å². The van der Waals surface area contributed by atoms with Gasteiger partial charge in [-0.1, -0.05) is 29.8 Å². The van der Waals surface area contributed by atoms with Crippen LogP contribution >= 0.6 is 0 Å². The van der Waals surface area contributed by atoms with Crippen molar-refractivity contribution in [3.63, 3.8) is 0 Å². The summed E-state index contributed by atoms with van der Waals surface area (Å²) < 4.78 is 11.2. The number of carbonyl (C=O) groups is 1. The predicted octanol–water partition coefficient (Wildman–Crippen LogP) is 4.15. The van der Waals surface area contributed by atoms with Gasteiger partial charge in [-0.25, -0.2) is 9.97 Å². The van der Waals surface area contributed by atoms with E-state index in [1.165, 1.54) is 5.56 Å². The molecule has 1 aliphatic heterocycles. The number of aromatic nitrogens is 2. The first-order valence-electron chi connectivity index (χ1n) is 9.74. The highest BCUT2D eigenvalue weighted by Gasteiger charge is 2.16. The SMILES string of the molecule is Cc1ccc(-c2cnc(Oc3ccc(C(=O)NC[C@@H]4CCCO4)cc3)nc2)cc1. The number of hydrogen-bond donors (Lipinski definition) is 1. The molecule has 0 spiro atoms. The highest BCUT2D eigenvalue weighted by atomic mass is 16.5. The van der Waals surface area contributed by atoms with E-state index in [0.29, 0.717) is 17.9 Å². The lowest BCUT2D eigenvalue weighted by Crippen LogP contribution is -2.31. The summed E-state index contributed by atoms with van der Waals surface area (Å²) in [5, 5.41) is 2.91. The average Bonchev–Trinajstić information content (AvgIpc) is 3.27. The Morgan fingerprint density at radius 3 is 2.45 bits per heavy atom. The number of nitrogens with zero attached hydrogens (tertiary/aromatic N) is 2. The van der Waals surface area contributed by atoms with E-state index in [2.05, 4.69) is 34.3 Å². The number of aryl methyl sites for hydroxylation is 1. The average molecular weight is 389 g/mol. The molecule has 2 heterocycles. The van der Waals surface area contributed by atoms with Gasteiger partial charge in [-0.2, -0.15) is 0 Å². The molecule has 1 aromatic heterocycles. The normalized spacial score (nSPS) is 15.8. The highest BCUT2D eigenvalue weighted by molar-refractivity contribution is 5.94. The van der Waals surface area contributed by atoms with Crippen LogP contribution in [0.25, 0.3) is 11.1 Å². The van der Waals surface area contributed by atoms with E-state index in [0.717, 1.165) is 30.6 Å². The number of nitrogens with one attached hydrogen (secondary N) is 1. The lowest BCUT2D eigenvalue weighted by atomic mass is 10.1. The van der Waals surface area contributed by atoms with Gasteiger partial charge in [0.25, 0.3) is 5.91 Å². The summed E-state index contributed by atoms with van der Waals surface area (Å²) in [4.78, 5) is 20.8. The van der Waals surface area contributed by atoms with Crippen molar-refractivity contribution in [3.8, 4) is 22.9 Å². The monoisotopic (exact) mass is 389 g/mol. The Kier molecular flexibility index (Phi) is 5.81. The van der Waals surface area contributed by atoms with E-state index in [9.17, 15) is 4.79 Å². The summed E-state index contributed by atoms with van der Waals surface area (Å²) in [6, 6.07) is 15.4. The Bertz CT molecular complexity index is 948. The van der Waals surface area contributed by atoms with E-state index in [-0.39, 0.29) is 18.0 Å². The molecule has 0 aliphatic carbocycles. The van der Waals surface area contributed by atoms with Crippen LogP contribution < -0.4 is 10.1 Å². The smallest absolute Gasteiger partial charge is 0.321 e. The minimum Gasteiger partial charge on any atom is -0.424 e. The molecule has 0 bridgehead atoms. The van der Waals surface area contributed by atoms with Crippen molar-refractivity contribution in [2.75, 3.05) is 13.2 Å². The second kappa shape index (κ2) is 8.84. The molecule has 0 unspecified atom stereocenters. The minimum absolute atomic E-state index is 0.120. The van der Waals surface area contributed by atoms with E-state index in [1.807, 2.05) is 12.1 Å². The van der Waals surface area contributed by atoms with Gasteiger partial charge in [0.15, 0.2) is 0 Å². The fourth-order valence-corrected chi connectivity index (χ4v) is 3.16. The van der Waals surface area contributed by atoms with Crippen molar-refractivity contribution in [2.24, 2.45) is 0 Å². The first-order valence-corrected chi connectivity index (χ1v) is 9.74. The number of benzene rings is 2. The van der Waals surface area contributed by atoms with E-state index < -0.39 is 0 Å². The summed E-state index contributed by atoms with van der Waals surface area (Å²) in [5.41, 5.74) is 3.76. The molecule has 1 amide bonds. The molecule has 0 saturated carbocycles. The van der Waals surface area contributed by atoms with Crippen molar-refractivity contribution in [2.45, 2.75) is 25.9 Å². The van der Waals surface area contributed by atoms with E-state index >= 15 is 0 Å². The predicted molar refractivity (Wildman–Crippen MR) is 110 cm³/mol. The van der Waals surface area contributed by atoms with Crippen LogP contribution in [-0.4, -0.2) is 35.1 Å². The lowest BCUT2D eigenvalue weighted by Gasteiger charge is -2.11. The minimum atomic E-state index is -0.120. The fourth-order valence-electron chi connectivity index (χ4n) is 3.16. The van der Waals surface area contributed by atoms with Gasteiger partial charge in [0.2, 0.25) is 0 Å². The largest absolute Gasteiger partial charge is 0.424 e. The Morgan fingerprint density at radius 2 is 1.79 bits per heavy atom. The molecular formula is C23H23N3O3. The number of amides is 1. The van der Waals surface area contributed by atoms with Crippen molar-refractivity contribution in [1.82, 2.24) is 15.3 Å². The van der Waals surface area contributed by atoms with Crippen molar-refractivity contribution in [3.05, 3.63) is 72.1 Å². The third kappa shape index (κ3) is 4.97. The molecule has 1 fully saturated rings. The molecule has 29 heavy (non-hydrogen) atoms. The van der Waals surface area contributed by atoms with Gasteiger partial charge in [0.1, 0.15) is 5.75 Å². The third-order valence-corrected chi connectivity index (χ3v) is 4.85. The van der Waals surface area contributed by atoms with Gasteiger partial charge >= 0.3 is 6.01 Å². The molecule has 1 N–H and O–H groups in total. The summed E-state index contributed by atoms with van der Waals surface area (Å²) in [6.45, 7) is 3.37. The molecule has 6 nitrogen and oxygen atoms in total. The Balaban J connectivity index is 1.34. The molecule has 3 aromatic rings. The first-order chi connectivity index (χ1) is 14.2. The van der Waals surface area contributed by atoms with E-state index in [1.54, 1.807) is 36.7 Å². The molecule has 0 radical (unpaired) electrons. The van der Waals surface area contributed by atoms with Gasteiger partial charge in [-0.05, 0) is 49.6 Å². The van der Waals surface area contributed by atoms with Crippen LogP contribution in [-0.2, 0) is 4.74 Å². The van der Waals surface area contributed by atoms with Gasteiger partial charge in [-0.3, -0.25) is 4.79 Å². The van der Waals surface area contributed by atoms with Crippen LogP contribution in [0.2, 0.25) is 0 Å². The molecular weight excluding hydrogens is 366 g/mol. The summed E-state index contributed by atoms with van der Waals surface area (Å²) >= 11 is 0. The summed E-state index contributed by atoms with van der Waals surface area (Å²) in [6.07, 6.45) is 5.65. The van der Waals surface area contributed by atoms with Gasteiger partial charge < -0.3 is 14.8 Å². The molecule has 1 saturated heterocycles. The Hall–Kier alpha value is -3.25. The van der Waals surface area contributed by atoms with Gasteiger partial charge in [0.05, 0.1) is 6.10 Å². The maximum Gasteiger partial charge on any atom is 0.321 e. The molecule has 6 heteroatoms. The van der Waals surface area contributed by atoms with Crippen LogP contribution in [0.3, 0.4) is 0 Å². The zero-order chi connectivity index (χ0) is 20.1. The fraction of sp³-hybridized carbons (Fsp3) is 0.261. The standard InChI is InChI=1S/C23H23N3O3/c1-16-4-6-17(7-5-16)19-13-25-23(26-14-19)29-20-10-8-18(9-11-20)22(27)24-15-21-3-2-12-28-21/h4-11,13-14,21H,2-3,12,15H2,1H3,(H,24,27)/t21-/m0/s1. The maximum absolute atomic E-state index is 12.2. The van der Waals surface area contributed by atoms with Crippen molar-refractivity contribution < 1.29 is 14.3 Å². The number of rotatable bonds is 6. The number of carbonyl (C=O) groups excluding carboxylic acids is 1. The summed E-state index contributed by atoms with van der Waals surface area (Å²) in [7, 11) is 0. The number of ether oxygens (including phenoxy) is 2. The number of hydrogen-bond acceptors (Lipinski definition) is 5. The van der Waals surface area contributed by atoms with Crippen LogP contribution in [0.15, 0.2) is 60.9 Å². The summed E-state index contributed by atoms with van der Waals surface area (Å²) in [5.74, 6) is 0.453. The first kappa shape index (κ1) is 19.1. The lowest BCUT2D eigenvalue weighted by molar-refractivity contribution is 0.0858. The second-order valence-electron chi connectivity index (χ2n) is 7.09. The van der Waals surface area contributed by atoms with Crippen molar-refractivity contribution in [1.29, 1.82) is 0 Å². The van der Waals surface area contributed by atoms with E-state index in [4.69, 9.17) is 9.47 Å². The Morgan fingerprint density at radius 1 is 1.07 bits per heavy atom. The Labute approximate surface area is 169 Å². The topological polar surface area (TPSA) is 73.3 Å². The third-order valence-electron chi connectivity index (χ3n) is 4.85. The van der Waals surface area contributed by atoms with Gasteiger partial charge in [0, 0.05) is 36.7 Å². The second-order valence-corrected chi connectivity index (χ2v) is 7.09. The molecule has 148 valence electrons. The van der Waals surface area contributed by atoms with Crippen LogP contribution in [0.1, 0.15) is 28.8 Å². The van der Waals surface area contributed by atoms with Gasteiger partial charge in [-0.15, -0.1) is 0 Å². The highest BCUT2D eigenvalue weighted by Crippen LogP contribution is 2.22. The molecule has 1 aliphatic rings. The zero-order valence-corrected chi connectivity index (χ0v) is 16.3. The molecule has 1 atom stereocenters. The quantitative estimate of drug-likeness (QED) is 0.685. The van der Waals surface area contributed by atoms with Crippen LogP contribution in [0, 0.1) is 6.92 Å². The van der Waals surface area contributed by atoms with Crippen molar-refractivity contribution >= 4 is 5.91 Å².